The average molecular weight is 262 g/mol. The lowest BCUT2D eigenvalue weighted by Gasteiger charge is -2.34. The molecule has 5 heteroatoms. The molecule has 1 aromatic heterocycles. The predicted octanol–water partition coefficient (Wildman–Crippen LogP) is 1.58. The first-order chi connectivity index (χ1) is 9.08. The fourth-order valence-corrected chi connectivity index (χ4v) is 2.66. The lowest BCUT2D eigenvalue weighted by atomic mass is 9.93. The summed E-state index contributed by atoms with van der Waals surface area (Å²) in [6, 6.07) is 0. The lowest BCUT2D eigenvalue weighted by Crippen LogP contribution is -2.37. The van der Waals surface area contributed by atoms with Crippen molar-refractivity contribution in [1.82, 2.24) is 10.2 Å². The number of rotatable bonds is 4. The maximum absolute atomic E-state index is 10.9. The van der Waals surface area contributed by atoms with Gasteiger partial charge in [0.2, 0.25) is 5.91 Å². The highest BCUT2D eigenvalue weighted by Gasteiger charge is 2.22. The Bertz CT molecular complexity index is 461. The number of nitrogens with zero attached hydrogens (tertiary/aromatic N) is 3. The third kappa shape index (κ3) is 3.43. The van der Waals surface area contributed by atoms with Gasteiger partial charge in [0.1, 0.15) is 0 Å². The zero-order valence-corrected chi connectivity index (χ0v) is 11.7. The molecule has 0 aliphatic carbocycles. The summed E-state index contributed by atoms with van der Waals surface area (Å²) in [7, 11) is 0. The minimum absolute atomic E-state index is 0.205. The predicted molar refractivity (Wildman–Crippen MR) is 74.9 cm³/mol. The van der Waals surface area contributed by atoms with Gasteiger partial charge in [0.15, 0.2) is 5.82 Å². The van der Waals surface area contributed by atoms with Crippen LogP contribution in [-0.4, -0.2) is 29.2 Å². The Morgan fingerprint density at radius 3 is 3.05 bits per heavy atom. The molecule has 0 bridgehead atoms. The summed E-state index contributed by atoms with van der Waals surface area (Å²) < 4.78 is 0. The van der Waals surface area contributed by atoms with Crippen LogP contribution in [0.1, 0.15) is 36.8 Å². The van der Waals surface area contributed by atoms with Crippen LogP contribution in [0.25, 0.3) is 0 Å². The molecule has 1 aliphatic rings. The number of primary amides is 1. The molecule has 0 radical (unpaired) electrons. The van der Waals surface area contributed by atoms with Crippen molar-refractivity contribution in [3.63, 3.8) is 0 Å². The van der Waals surface area contributed by atoms with E-state index < -0.39 is 0 Å². The molecular weight excluding hydrogens is 240 g/mol. The van der Waals surface area contributed by atoms with Crippen LogP contribution in [0.15, 0.2) is 6.20 Å². The molecule has 0 aromatic carbocycles. The van der Waals surface area contributed by atoms with E-state index >= 15 is 0 Å². The van der Waals surface area contributed by atoms with E-state index in [1.807, 2.05) is 0 Å². The van der Waals surface area contributed by atoms with Crippen molar-refractivity contribution in [3.8, 4) is 0 Å². The highest BCUT2D eigenvalue weighted by Crippen LogP contribution is 2.27. The summed E-state index contributed by atoms with van der Waals surface area (Å²) in [5, 5.41) is 8.33. The van der Waals surface area contributed by atoms with Gasteiger partial charge >= 0.3 is 0 Å². The molecule has 1 aromatic rings. The van der Waals surface area contributed by atoms with E-state index in [1.165, 1.54) is 17.5 Å². The number of amides is 1. The second-order valence-corrected chi connectivity index (χ2v) is 5.44. The molecule has 0 saturated carbocycles. The number of carbonyl (C=O) groups is 1. The highest BCUT2D eigenvalue weighted by molar-refractivity contribution is 5.73. The van der Waals surface area contributed by atoms with Gasteiger partial charge in [-0.15, -0.1) is 5.10 Å². The monoisotopic (exact) mass is 262 g/mol. The van der Waals surface area contributed by atoms with E-state index in [9.17, 15) is 4.79 Å². The molecular formula is C14H22N4O. The number of hydrogen-bond acceptors (Lipinski definition) is 4. The van der Waals surface area contributed by atoms with Crippen LogP contribution in [0.4, 0.5) is 5.82 Å². The van der Waals surface area contributed by atoms with Crippen molar-refractivity contribution in [2.75, 3.05) is 18.0 Å². The highest BCUT2D eigenvalue weighted by atomic mass is 16.1. The van der Waals surface area contributed by atoms with Crippen LogP contribution in [0.2, 0.25) is 0 Å². The van der Waals surface area contributed by atoms with E-state index in [4.69, 9.17) is 5.73 Å². The molecule has 2 N–H and O–H groups in total. The maximum Gasteiger partial charge on any atom is 0.217 e. The summed E-state index contributed by atoms with van der Waals surface area (Å²) in [6.07, 6.45) is 5.47. The van der Waals surface area contributed by atoms with Crippen LogP contribution in [-0.2, 0) is 4.79 Å². The largest absolute Gasteiger partial charge is 0.370 e. The maximum atomic E-state index is 10.9. The van der Waals surface area contributed by atoms with Crippen molar-refractivity contribution >= 4 is 11.7 Å². The van der Waals surface area contributed by atoms with Gasteiger partial charge in [-0.25, -0.2) is 0 Å². The van der Waals surface area contributed by atoms with Gasteiger partial charge in [0.05, 0.1) is 6.20 Å². The fraction of sp³-hybridized carbons (Fsp3) is 0.643. The van der Waals surface area contributed by atoms with E-state index in [0.29, 0.717) is 12.3 Å². The van der Waals surface area contributed by atoms with Crippen LogP contribution in [0.3, 0.4) is 0 Å². The molecule has 1 unspecified atom stereocenters. The van der Waals surface area contributed by atoms with Gasteiger partial charge in [0, 0.05) is 19.5 Å². The Labute approximate surface area is 114 Å². The standard InChI is InChI=1S/C14H22N4O/c1-10-8-16-17-14(11(10)2)18-7-3-4-12(9-18)5-6-13(15)19/h8,12H,3-7,9H2,1-2H3,(H2,15,19). The Morgan fingerprint density at radius 1 is 1.53 bits per heavy atom. The minimum Gasteiger partial charge on any atom is -0.370 e. The Hall–Kier alpha value is -1.65. The lowest BCUT2D eigenvalue weighted by molar-refractivity contribution is -0.118. The van der Waals surface area contributed by atoms with Gasteiger partial charge in [-0.3, -0.25) is 4.79 Å². The summed E-state index contributed by atoms with van der Waals surface area (Å²) in [6.45, 7) is 6.12. The summed E-state index contributed by atoms with van der Waals surface area (Å²) in [5.41, 5.74) is 7.59. The fourth-order valence-electron chi connectivity index (χ4n) is 2.66. The van der Waals surface area contributed by atoms with Gasteiger partial charge in [-0.05, 0) is 50.2 Å². The molecule has 2 heterocycles. The van der Waals surface area contributed by atoms with Crippen LogP contribution < -0.4 is 10.6 Å². The molecule has 1 saturated heterocycles. The molecule has 104 valence electrons. The number of piperidine rings is 1. The summed E-state index contributed by atoms with van der Waals surface area (Å²) >= 11 is 0. The van der Waals surface area contributed by atoms with Gasteiger partial charge < -0.3 is 10.6 Å². The van der Waals surface area contributed by atoms with E-state index in [1.54, 1.807) is 6.20 Å². The SMILES string of the molecule is Cc1cnnc(N2CCCC(CCC(N)=O)C2)c1C. The van der Waals surface area contributed by atoms with Gasteiger partial charge in [0.25, 0.3) is 0 Å². The number of carbonyl (C=O) groups excluding carboxylic acids is 1. The molecule has 2 rings (SSSR count). The van der Waals surface area contributed by atoms with E-state index in [-0.39, 0.29) is 5.91 Å². The number of anilines is 1. The van der Waals surface area contributed by atoms with Crippen molar-refractivity contribution in [2.24, 2.45) is 11.7 Å². The molecule has 19 heavy (non-hydrogen) atoms. The summed E-state index contributed by atoms with van der Waals surface area (Å²) in [4.78, 5) is 13.2. The second kappa shape index (κ2) is 5.99. The van der Waals surface area contributed by atoms with Crippen molar-refractivity contribution in [3.05, 3.63) is 17.3 Å². The minimum atomic E-state index is -0.205. The van der Waals surface area contributed by atoms with Crippen molar-refractivity contribution in [2.45, 2.75) is 39.5 Å². The molecule has 1 fully saturated rings. The van der Waals surface area contributed by atoms with Crippen LogP contribution in [0.5, 0.6) is 0 Å². The second-order valence-electron chi connectivity index (χ2n) is 5.44. The first kappa shape index (κ1) is 13.8. The van der Waals surface area contributed by atoms with Gasteiger partial charge in [-0.2, -0.15) is 5.10 Å². The first-order valence-electron chi connectivity index (χ1n) is 6.90. The molecule has 0 spiro atoms. The number of nitrogens with two attached hydrogens (primary N) is 1. The zero-order chi connectivity index (χ0) is 13.8. The molecule has 5 nitrogen and oxygen atoms in total. The Morgan fingerprint density at radius 2 is 2.32 bits per heavy atom. The third-order valence-corrected chi connectivity index (χ3v) is 3.95. The quantitative estimate of drug-likeness (QED) is 0.894. The van der Waals surface area contributed by atoms with E-state index in [0.717, 1.165) is 31.7 Å². The van der Waals surface area contributed by atoms with Crippen LogP contribution in [0, 0.1) is 19.8 Å². The molecule has 1 amide bonds. The number of aryl methyl sites for hydroxylation is 1. The Balaban J connectivity index is 2.04. The number of hydrogen-bond donors (Lipinski definition) is 1. The summed E-state index contributed by atoms with van der Waals surface area (Å²) in [5.74, 6) is 1.32. The normalized spacial score (nSPS) is 19.5. The third-order valence-electron chi connectivity index (χ3n) is 3.95. The van der Waals surface area contributed by atoms with Crippen molar-refractivity contribution in [1.29, 1.82) is 0 Å². The average Bonchev–Trinajstić information content (AvgIpc) is 2.40. The van der Waals surface area contributed by atoms with E-state index in [2.05, 4.69) is 28.9 Å². The molecule has 1 atom stereocenters. The topological polar surface area (TPSA) is 72.1 Å². The first-order valence-corrected chi connectivity index (χ1v) is 6.90. The smallest absolute Gasteiger partial charge is 0.217 e. The molecule has 1 aliphatic heterocycles. The zero-order valence-electron chi connectivity index (χ0n) is 11.7. The van der Waals surface area contributed by atoms with Crippen LogP contribution >= 0.6 is 0 Å². The Kier molecular flexibility index (Phi) is 4.35. The van der Waals surface area contributed by atoms with Gasteiger partial charge in [-0.1, -0.05) is 0 Å². The number of aromatic nitrogens is 2. The van der Waals surface area contributed by atoms with Crippen molar-refractivity contribution < 1.29 is 4.79 Å².